The molecular formula is C10H22N2O2. The van der Waals surface area contributed by atoms with Crippen molar-refractivity contribution in [2.45, 2.75) is 45.6 Å². The van der Waals surface area contributed by atoms with Gasteiger partial charge in [-0.05, 0) is 32.2 Å². The van der Waals surface area contributed by atoms with Crippen LogP contribution in [0.4, 0.5) is 4.79 Å². The molecule has 0 spiro atoms. The fraction of sp³-hybridized carbons (Fsp3) is 0.900. The summed E-state index contributed by atoms with van der Waals surface area (Å²) in [7, 11) is 0. The molecule has 0 saturated carbocycles. The van der Waals surface area contributed by atoms with Crippen LogP contribution in [0, 0.1) is 0 Å². The maximum atomic E-state index is 10.7. The van der Waals surface area contributed by atoms with Gasteiger partial charge in [0.1, 0.15) is 0 Å². The van der Waals surface area contributed by atoms with Crippen LogP contribution in [0.5, 0.6) is 0 Å². The first-order valence-corrected chi connectivity index (χ1v) is 5.45. The van der Waals surface area contributed by atoms with Crippen LogP contribution in [-0.4, -0.2) is 35.2 Å². The van der Waals surface area contributed by atoms with Gasteiger partial charge in [-0.15, -0.1) is 0 Å². The Morgan fingerprint density at radius 1 is 1.50 bits per heavy atom. The number of hydrogen-bond acceptors (Lipinski definition) is 2. The molecule has 0 aromatic rings. The fourth-order valence-corrected chi connectivity index (χ4v) is 1.74. The number of nitrogens with zero attached hydrogens (tertiary/aromatic N) is 1. The topological polar surface area (TPSA) is 66.6 Å². The molecule has 1 atom stereocenters. The van der Waals surface area contributed by atoms with Gasteiger partial charge in [-0.25, -0.2) is 4.79 Å². The third kappa shape index (κ3) is 3.96. The standard InChI is InChI=1S/C8H16N2O2.C2H6/c9-5-4-7-3-1-2-6-10(7)8(11)12;1-2/h7H,1-6,9H2,(H,11,12);1-2H3. The monoisotopic (exact) mass is 202 g/mol. The molecule has 0 aliphatic carbocycles. The van der Waals surface area contributed by atoms with E-state index < -0.39 is 6.09 Å². The first kappa shape index (κ1) is 13.2. The third-order valence-electron chi connectivity index (χ3n) is 2.37. The van der Waals surface area contributed by atoms with Crippen molar-refractivity contribution in [3.8, 4) is 0 Å². The van der Waals surface area contributed by atoms with Gasteiger partial charge >= 0.3 is 6.09 Å². The predicted octanol–water partition coefficient (Wildman–Crippen LogP) is 1.89. The number of likely N-dealkylation sites (tertiary alicyclic amines) is 1. The van der Waals surface area contributed by atoms with Crippen LogP contribution in [-0.2, 0) is 0 Å². The summed E-state index contributed by atoms with van der Waals surface area (Å²) in [5.74, 6) is 0. The molecule has 1 fully saturated rings. The van der Waals surface area contributed by atoms with Crippen LogP contribution >= 0.6 is 0 Å². The molecule has 1 unspecified atom stereocenters. The number of carbonyl (C=O) groups is 1. The van der Waals surface area contributed by atoms with E-state index in [1.807, 2.05) is 13.8 Å². The molecule has 1 saturated heterocycles. The zero-order chi connectivity index (χ0) is 11.0. The Balaban J connectivity index is 0.000000791. The number of rotatable bonds is 2. The van der Waals surface area contributed by atoms with Crippen LogP contribution in [0.2, 0.25) is 0 Å². The number of carboxylic acid groups (broad SMARTS) is 1. The van der Waals surface area contributed by atoms with Gasteiger partial charge in [0.25, 0.3) is 0 Å². The summed E-state index contributed by atoms with van der Waals surface area (Å²) in [4.78, 5) is 12.2. The Bertz CT molecular complexity index is 160. The van der Waals surface area contributed by atoms with Crippen molar-refractivity contribution >= 4 is 6.09 Å². The predicted molar refractivity (Wildman–Crippen MR) is 57.4 cm³/mol. The highest BCUT2D eigenvalue weighted by molar-refractivity contribution is 5.65. The van der Waals surface area contributed by atoms with Crippen molar-refractivity contribution in [2.75, 3.05) is 13.1 Å². The molecular weight excluding hydrogens is 180 g/mol. The number of hydrogen-bond donors (Lipinski definition) is 2. The molecule has 1 rings (SSSR count). The minimum atomic E-state index is -0.798. The fourth-order valence-electron chi connectivity index (χ4n) is 1.74. The Labute approximate surface area is 86.1 Å². The van der Waals surface area contributed by atoms with Crippen LogP contribution in [0.15, 0.2) is 0 Å². The second kappa shape index (κ2) is 7.62. The smallest absolute Gasteiger partial charge is 0.407 e. The first-order chi connectivity index (χ1) is 6.75. The average Bonchev–Trinajstić information content (AvgIpc) is 2.22. The van der Waals surface area contributed by atoms with Crippen molar-refractivity contribution in [3.63, 3.8) is 0 Å². The van der Waals surface area contributed by atoms with Gasteiger partial charge in [0.05, 0.1) is 0 Å². The normalized spacial score (nSPS) is 21.1. The third-order valence-corrected chi connectivity index (χ3v) is 2.37. The number of piperidine rings is 1. The van der Waals surface area contributed by atoms with E-state index >= 15 is 0 Å². The van der Waals surface area contributed by atoms with Crippen LogP contribution < -0.4 is 5.73 Å². The van der Waals surface area contributed by atoms with Gasteiger partial charge in [0, 0.05) is 12.6 Å². The lowest BCUT2D eigenvalue weighted by Gasteiger charge is -2.33. The molecule has 1 aliphatic heterocycles. The SMILES string of the molecule is CC.NCCC1CCCCN1C(=O)O. The van der Waals surface area contributed by atoms with Gasteiger partial charge in [0.15, 0.2) is 0 Å². The maximum Gasteiger partial charge on any atom is 0.407 e. The van der Waals surface area contributed by atoms with E-state index in [9.17, 15) is 4.79 Å². The summed E-state index contributed by atoms with van der Waals surface area (Å²) in [6.07, 6.45) is 3.10. The first-order valence-electron chi connectivity index (χ1n) is 5.45. The zero-order valence-corrected chi connectivity index (χ0v) is 9.20. The van der Waals surface area contributed by atoms with Crippen LogP contribution in [0.3, 0.4) is 0 Å². The van der Waals surface area contributed by atoms with E-state index in [2.05, 4.69) is 0 Å². The van der Waals surface area contributed by atoms with E-state index in [4.69, 9.17) is 10.8 Å². The van der Waals surface area contributed by atoms with Gasteiger partial charge in [-0.1, -0.05) is 13.8 Å². The number of nitrogens with two attached hydrogens (primary N) is 1. The highest BCUT2D eigenvalue weighted by Crippen LogP contribution is 2.18. The van der Waals surface area contributed by atoms with E-state index in [1.165, 1.54) is 4.90 Å². The maximum absolute atomic E-state index is 10.7. The van der Waals surface area contributed by atoms with E-state index in [0.717, 1.165) is 25.7 Å². The lowest BCUT2D eigenvalue weighted by Crippen LogP contribution is -2.43. The Morgan fingerprint density at radius 3 is 2.64 bits per heavy atom. The highest BCUT2D eigenvalue weighted by atomic mass is 16.4. The second-order valence-corrected chi connectivity index (χ2v) is 3.20. The van der Waals surface area contributed by atoms with Gasteiger partial charge < -0.3 is 15.7 Å². The Kier molecular flexibility index (Phi) is 7.20. The molecule has 4 nitrogen and oxygen atoms in total. The summed E-state index contributed by atoms with van der Waals surface area (Å²) in [5, 5.41) is 8.82. The lowest BCUT2D eigenvalue weighted by atomic mass is 10.0. The quantitative estimate of drug-likeness (QED) is 0.718. The van der Waals surface area contributed by atoms with Crippen molar-refractivity contribution in [2.24, 2.45) is 5.73 Å². The summed E-state index contributed by atoms with van der Waals surface area (Å²) in [6.45, 7) is 5.26. The molecule has 1 aliphatic rings. The molecule has 3 N–H and O–H groups in total. The summed E-state index contributed by atoms with van der Waals surface area (Å²) < 4.78 is 0. The molecule has 0 aromatic carbocycles. The zero-order valence-electron chi connectivity index (χ0n) is 9.20. The van der Waals surface area contributed by atoms with Crippen molar-refractivity contribution in [3.05, 3.63) is 0 Å². The second-order valence-electron chi connectivity index (χ2n) is 3.20. The van der Waals surface area contributed by atoms with Crippen molar-refractivity contribution in [1.82, 2.24) is 4.90 Å². The molecule has 1 amide bonds. The minimum Gasteiger partial charge on any atom is -0.465 e. The molecule has 0 bridgehead atoms. The molecule has 0 radical (unpaired) electrons. The summed E-state index contributed by atoms with van der Waals surface area (Å²) in [5.41, 5.74) is 5.40. The van der Waals surface area contributed by atoms with Crippen LogP contribution in [0.25, 0.3) is 0 Å². The largest absolute Gasteiger partial charge is 0.465 e. The molecule has 14 heavy (non-hydrogen) atoms. The average molecular weight is 202 g/mol. The molecule has 1 heterocycles. The van der Waals surface area contributed by atoms with Crippen molar-refractivity contribution < 1.29 is 9.90 Å². The Morgan fingerprint density at radius 2 is 2.14 bits per heavy atom. The van der Waals surface area contributed by atoms with Crippen LogP contribution in [0.1, 0.15) is 39.5 Å². The minimum absolute atomic E-state index is 0.168. The van der Waals surface area contributed by atoms with Gasteiger partial charge in [-0.2, -0.15) is 0 Å². The van der Waals surface area contributed by atoms with E-state index in [-0.39, 0.29) is 6.04 Å². The summed E-state index contributed by atoms with van der Waals surface area (Å²) >= 11 is 0. The van der Waals surface area contributed by atoms with Gasteiger partial charge in [-0.3, -0.25) is 0 Å². The van der Waals surface area contributed by atoms with E-state index in [1.54, 1.807) is 0 Å². The van der Waals surface area contributed by atoms with E-state index in [0.29, 0.717) is 13.1 Å². The van der Waals surface area contributed by atoms with Gasteiger partial charge in [0.2, 0.25) is 0 Å². The lowest BCUT2D eigenvalue weighted by molar-refractivity contribution is 0.104. The molecule has 4 heteroatoms. The van der Waals surface area contributed by atoms with Crippen molar-refractivity contribution in [1.29, 1.82) is 0 Å². The molecule has 0 aromatic heterocycles. The number of amides is 1. The summed E-state index contributed by atoms with van der Waals surface area (Å²) in [6, 6.07) is 0.168. The Hall–Kier alpha value is -0.770. The molecule has 84 valence electrons. The highest BCUT2D eigenvalue weighted by Gasteiger charge is 2.25.